The number of Topliss-reactive ketones (excluding diaryl/α,β-unsaturated/α-hetero) is 1. The lowest BCUT2D eigenvalue weighted by atomic mass is 9.95. The standard InChI is InChI=1S/C76H97FN10O14/c1-48(88)17-11-10-12-20-65(91)85-36-14-9-8-13-35-84-46-55(58-43-56(77)27-30-62(58)84)42-61-71(95)86-38-32-63(100-47-64(90)79-44-54-19-15-18-53(39-54)41-59(68(92)80-61)82-74(98)101-75(3,4)5)67(86)70(94)83-66(49(2)89)69(93)81-60(40-51-25-28-57(99-7)29-26-51)72(96)87-37-16-33-76(87,6)73(97)78-34-31-50-21-23-52(45-85)24-22-50/h8,13,15,18-19,21-30,39,43,46,49,59-61,63,66-67,89H,9-12,14,16-17,20,31-38,40-42,44-45,47H2,1-7H3,(H,78,97)(H,79,90)(H,80,92)(H,81,93)(H,82,98)(H,83,94)/b13-8+/t49-,59+,60+,61+,63+,66+,67+,76+/m1/s1. The number of aliphatic hydroxyl groups is 1. The van der Waals surface area contributed by atoms with E-state index in [9.17, 15) is 29.1 Å². The van der Waals surface area contributed by atoms with E-state index in [1.165, 1.54) is 36.0 Å². The molecule has 5 aromatic rings. The number of unbranched alkanes of at least 4 members (excludes halogenated alkanes) is 2. The second-order valence-electron chi connectivity index (χ2n) is 28.1. The van der Waals surface area contributed by atoms with Crippen molar-refractivity contribution in [2.24, 2.45) is 0 Å². The van der Waals surface area contributed by atoms with E-state index in [1.807, 2.05) is 45.9 Å². The summed E-state index contributed by atoms with van der Waals surface area (Å²) < 4.78 is 34.8. The third-order valence-electron chi connectivity index (χ3n) is 19.0. The van der Waals surface area contributed by atoms with Gasteiger partial charge in [-0.3, -0.25) is 38.4 Å². The van der Waals surface area contributed by atoms with Gasteiger partial charge in [0.05, 0.1) is 19.3 Å². The van der Waals surface area contributed by atoms with Crippen LogP contribution in [0.5, 0.6) is 5.75 Å². The number of ketones is 1. The minimum Gasteiger partial charge on any atom is -0.497 e. The molecule has 4 aromatic carbocycles. The molecule has 542 valence electrons. The molecule has 1 aromatic heterocycles. The van der Waals surface area contributed by atoms with Crippen LogP contribution >= 0.6 is 0 Å². The highest BCUT2D eigenvalue weighted by Gasteiger charge is 2.49. The highest BCUT2D eigenvalue weighted by molar-refractivity contribution is 5.99. The number of nitrogens with zero attached hydrogens (tertiary/aromatic N) is 4. The van der Waals surface area contributed by atoms with Gasteiger partial charge in [-0.15, -0.1) is 0 Å². The molecule has 9 amide bonds. The fourth-order valence-corrected chi connectivity index (χ4v) is 13.6. The summed E-state index contributed by atoms with van der Waals surface area (Å²) >= 11 is 0. The van der Waals surface area contributed by atoms with Crippen molar-refractivity contribution < 1.29 is 71.7 Å². The molecule has 2 saturated heterocycles. The van der Waals surface area contributed by atoms with Crippen LogP contribution in [0.3, 0.4) is 0 Å². The number of amides is 9. The average Bonchev–Trinajstić information content (AvgIpc) is 1.66. The summed E-state index contributed by atoms with van der Waals surface area (Å²) in [6.07, 6.45) is 6.51. The first-order valence-electron chi connectivity index (χ1n) is 35.1. The number of fused-ring (bicyclic) bond motifs is 20. The van der Waals surface area contributed by atoms with Gasteiger partial charge >= 0.3 is 6.09 Å². The molecule has 7 N–H and O–H groups in total. The normalized spacial score (nSPS) is 23.5. The zero-order valence-electron chi connectivity index (χ0n) is 58.9. The minimum atomic E-state index is -1.81. The molecule has 0 saturated carbocycles. The Morgan fingerprint density at radius 1 is 0.792 bits per heavy atom. The number of aromatic nitrogens is 1. The third-order valence-corrected chi connectivity index (χ3v) is 19.0. The lowest BCUT2D eigenvalue weighted by Crippen LogP contribution is -2.64. The lowest BCUT2D eigenvalue weighted by molar-refractivity contribution is -0.148. The number of hydrogen-bond acceptors (Lipinski definition) is 14. The largest absolute Gasteiger partial charge is 0.497 e. The van der Waals surface area contributed by atoms with Gasteiger partial charge in [-0.1, -0.05) is 79.2 Å². The molecule has 0 aliphatic carbocycles. The zero-order valence-corrected chi connectivity index (χ0v) is 58.9. The van der Waals surface area contributed by atoms with Crippen LogP contribution < -0.4 is 36.6 Å². The van der Waals surface area contributed by atoms with E-state index in [1.54, 1.807) is 95.4 Å². The molecule has 5 aliphatic heterocycles. The fraction of sp³-hybridized carbons (Fsp3) is 0.500. The second kappa shape index (κ2) is 34.7. The number of nitrogens with one attached hydrogen (secondary N) is 6. The third kappa shape index (κ3) is 20.6. The molecule has 2 fully saturated rings. The van der Waals surface area contributed by atoms with Crippen molar-refractivity contribution in [1.29, 1.82) is 0 Å². The van der Waals surface area contributed by atoms with Gasteiger partial charge in [0.15, 0.2) is 0 Å². The predicted molar refractivity (Wildman–Crippen MR) is 375 cm³/mol. The molecule has 25 heteroatoms. The van der Waals surface area contributed by atoms with Crippen molar-refractivity contribution in [3.05, 3.63) is 149 Å². The molecular formula is C76H97FN10O14. The Balaban J connectivity index is 1.10. The van der Waals surface area contributed by atoms with E-state index >= 15 is 28.4 Å². The van der Waals surface area contributed by atoms with Crippen LogP contribution in [0.25, 0.3) is 10.9 Å². The first-order chi connectivity index (χ1) is 48.2. The monoisotopic (exact) mass is 1390 g/mol. The number of ether oxygens (including phenoxy) is 3. The summed E-state index contributed by atoms with van der Waals surface area (Å²) in [6, 6.07) is 18.0. The van der Waals surface area contributed by atoms with Gasteiger partial charge in [0, 0.05) is 95.0 Å². The Kier molecular flexibility index (Phi) is 26.0. The van der Waals surface area contributed by atoms with Crippen LogP contribution in [0.15, 0.2) is 109 Å². The first kappa shape index (κ1) is 75.7. The summed E-state index contributed by atoms with van der Waals surface area (Å²) in [6.45, 7) is 10.1. The van der Waals surface area contributed by atoms with Crippen LogP contribution in [-0.4, -0.2) is 177 Å². The Morgan fingerprint density at radius 3 is 2.27 bits per heavy atom. The molecule has 10 bridgehead atoms. The SMILES string of the molecule is COc1ccc(C[C@@H]2NC(=O)[C@H]([C@@H](C)O)NC(=O)[C@@H]3[C@@H]4CCN3C(=O)[C@H](Cc3cn(c5ccc(F)cc35)C/C=C/CCCN(C(=O)CCCCCC(C)=O)Cc3ccc(cc3)CCNC(=O)[C@]3(C)CCCN3C2=O)NC(=O)[C@@H](NC(=O)OC(C)(C)C)Cc2cccc(c2)CNC(=O)CO4)cc1. The molecule has 0 spiro atoms. The van der Waals surface area contributed by atoms with Gasteiger partial charge in [0.1, 0.15) is 65.3 Å². The molecule has 101 heavy (non-hydrogen) atoms. The van der Waals surface area contributed by atoms with Gasteiger partial charge in [-0.2, -0.15) is 0 Å². The Bertz CT molecular complexity index is 3830. The van der Waals surface area contributed by atoms with Gasteiger partial charge in [0.25, 0.3) is 0 Å². The van der Waals surface area contributed by atoms with E-state index in [2.05, 4.69) is 31.9 Å². The van der Waals surface area contributed by atoms with Crippen LogP contribution in [0.4, 0.5) is 9.18 Å². The van der Waals surface area contributed by atoms with Gasteiger partial charge < -0.3 is 75.3 Å². The summed E-state index contributed by atoms with van der Waals surface area (Å²) in [5.41, 5.74) is 2.25. The summed E-state index contributed by atoms with van der Waals surface area (Å²) in [4.78, 5) is 149. The number of carbonyl (C=O) groups excluding carboxylic acids is 10. The quantitative estimate of drug-likeness (QED) is 0.0579. The van der Waals surface area contributed by atoms with Crippen molar-refractivity contribution >= 4 is 70.0 Å². The minimum absolute atomic E-state index is 0.0111. The lowest BCUT2D eigenvalue weighted by Gasteiger charge is -2.37. The van der Waals surface area contributed by atoms with Crippen molar-refractivity contribution in [2.75, 3.05) is 39.9 Å². The van der Waals surface area contributed by atoms with E-state index < -0.39 is 113 Å². The van der Waals surface area contributed by atoms with Crippen LogP contribution in [-0.2, 0) is 97.9 Å². The summed E-state index contributed by atoms with van der Waals surface area (Å²) in [5.74, 6) is -5.25. The fourth-order valence-electron chi connectivity index (χ4n) is 13.6. The maximum atomic E-state index is 15.9. The maximum Gasteiger partial charge on any atom is 0.408 e. The van der Waals surface area contributed by atoms with Crippen molar-refractivity contribution in [3.63, 3.8) is 0 Å². The number of allylic oxidation sites excluding steroid dienone is 2. The molecule has 0 radical (unpaired) electrons. The molecule has 6 heterocycles. The molecule has 0 unspecified atom stereocenters. The highest BCUT2D eigenvalue weighted by Crippen LogP contribution is 2.32. The molecule has 8 atom stereocenters. The number of halogens is 1. The van der Waals surface area contributed by atoms with Gasteiger partial charge in [0.2, 0.25) is 47.3 Å². The van der Waals surface area contributed by atoms with E-state index in [0.717, 1.165) is 17.5 Å². The Labute approximate surface area is 589 Å². The number of methoxy groups -OCH3 is 1. The second-order valence-corrected chi connectivity index (χ2v) is 28.1. The van der Waals surface area contributed by atoms with Crippen molar-refractivity contribution in [3.8, 4) is 5.75 Å². The van der Waals surface area contributed by atoms with Crippen molar-refractivity contribution in [1.82, 2.24) is 51.2 Å². The number of hydrogen-bond donors (Lipinski definition) is 7. The topological polar surface area (TPSA) is 305 Å². The summed E-state index contributed by atoms with van der Waals surface area (Å²) in [7, 11) is 1.50. The van der Waals surface area contributed by atoms with E-state index in [-0.39, 0.29) is 70.1 Å². The molecule has 24 nitrogen and oxygen atoms in total. The van der Waals surface area contributed by atoms with Crippen molar-refractivity contribution in [2.45, 2.75) is 205 Å². The number of aliphatic hydroxyl groups excluding tert-OH is 1. The average molecular weight is 1390 g/mol. The first-order valence-corrected chi connectivity index (χ1v) is 35.1. The Morgan fingerprint density at radius 2 is 1.53 bits per heavy atom. The predicted octanol–water partition coefficient (Wildman–Crippen LogP) is 6.12. The maximum absolute atomic E-state index is 15.9. The van der Waals surface area contributed by atoms with Crippen LogP contribution in [0.1, 0.15) is 139 Å². The van der Waals surface area contributed by atoms with Crippen LogP contribution in [0, 0.1) is 5.82 Å². The summed E-state index contributed by atoms with van der Waals surface area (Å²) in [5, 5.41) is 28.9. The smallest absolute Gasteiger partial charge is 0.408 e. The number of alkyl carbamates (subject to hydrolysis) is 1. The number of carbonyl (C=O) groups is 10. The Hall–Kier alpha value is -9.49. The van der Waals surface area contributed by atoms with Crippen LogP contribution in [0.2, 0.25) is 0 Å². The zero-order chi connectivity index (χ0) is 72.5. The molecular weight excluding hydrogens is 1300 g/mol. The molecule has 10 rings (SSSR count). The van der Waals surface area contributed by atoms with E-state index in [4.69, 9.17) is 14.2 Å². The van der Waals surface area contributed by atoms with Gasteiger partial charge in [-0.05, 0) is 157 Å². The van der Waals surface area contributed by atoms with Gasteiger partial charge in [-0.25, -0.2) is 9.18 Å². The number of rotatable bonds is 11. The van der Waals surface area contributed by atoms with E-state index in [0.29, 0.717) is 110 Å². The highest BCUT2D eigenvalue weighted by atomic mass is 19.1. The number of benzene rings is 4. The molecule has 5 aliphatic rings.